The molecule has 1 aromatic carbocycles. The summed E-state index contributed by atoms with van der Waals surface area (Å²) in [7, 11) is 0. The summed E-state index contributed by atoms with van der Waals surface area (Å²) in [5.41, 5.74) is -0.483. The van der Waals surface area contributed by atoms with Crippen LogP contribution in [0.25, 0.3) is 0 Å². The van der Waals surface area contributed by atoms with Crippen LogP contribution < -0.4 is 5.32 Å². The van der Waals surface area contributed by atoms with Crippen molar-refractivity contribution in [3.05, 3.63) is 40.6 Å². The van der Waals surface area contributed by atoms with Crippen molar-refractivity contribution in [2.45, 2.75) is 12.6 Å². The van der Waals surface area contributed by atoms with Gasteiger partial charge in [-0.05, 0) is 18.2 Å². The van der Waals surface area contributed by atoms with Crippen molar-refractivity contribution < 1.29 is 13.2 Å². The van der Waals surface area contributed by atoms with Crippen molar-refractivity contribution in [2.24, 2.45) is 0 Å². The average Bonchev–Trinajstić information content (AvgIpc) is 2.34. The van der Waals surface area contributed by atoms with Gasteiger partial charge in [-0.1, -0.05) is 11.6 Å². The van der Waals surface area contributed by atoms with Gasteiger partial charge in [-0.2, -0.15) is 23.7 Å². The molecule has 0 heterocycles. The summed E-state index contributed by atoms with van der Waals surface area (Å²) in [4.78, 5) is 0. The summed E-state index contributed by atoms with van der Waals surface area (Å²) in [6.07, 6.45) is -3.32. The number of allylic oxidation sites excluding steroid dienone is 1. The van der Waals surface area contributed by atoms with Gasteiger partial charge in [-0.15, -0.1) is 0 Å². The summed E-state index contributed by atoms with van der Waals surface area (Å²) in [6.45, 7) is 0. The van der Waals surface area contributed by atoms with Crippen LogP contribution >= 0.6 is 11.6 Å². The lowest BCUT2D eigenvalue weighted by atomic mass is 10.2. The first-order valence-electron chi connectivity index (χ1n) is 4.98. The number of nitrogens with zero attached hydrogens (tertiary/aromatic N) is 2. The second-order valence-electron chi connectivity index (χ2n) is 3.45. The molecule has 98 valence electrons. The second kappa shape index (κ2) is 6.12. The summed E-state index contributed by atoms with van der Waals surface area (Å²) in [5, 5.41) is 19.6. The predicted octanol–water partition coefficient (Wildman–Crippen LogP) is 4.09. The van der Waals surface area contributed by atoms with Crippen molar-refractivity contribution in [1.29, 1.82) is 10.5 Å². The second-order valence-corrected chi connectivity index (χ2v) is 3.86. The molecule has 0 saturated carbocycles. The maximum absolute atomic E-state index is 12.4. The van der Waals surface area contributed by atoms with Crippen LogP contribution in [0.1, 0.15) is 12.0 Å². The van der Waals surface area contributed by atoms with Crippen LogP contribution in [0.5, 0.6) is 0 Å². The molecule has 0 amide bonds. The Balaban J connectivity index is 2.94. The van der Waals surface area contributed by atoms with Crippen molar-refractivity contribution in [3.63, 3.8) is 0 Å². The van der Waals surface area contributed by atoms with Crippen LogP contribution in [0.15, 0.2) is 30.0 Å². The number of nitriles is 2. The minimum Gasteiger partial charge on any atom is -0.359 e. The number of hydrogen-bond donors (Lipinski definition) is 1. The van der Waals surface area contributed by atoms with Crippen molar-refractivity contribution in [2.75, 3.05) is 5.32 Å². The molecule has 0 aromatic heterocycles. The predicted molar refractivity (Wildman–Crippen MR) is 64.0 cm³/mol. The van der Waals surface area contributed by atoms with Gasteiger partial charge in [0.1, 0.15) is 0 Å². The highest BCUT2D eigenvalue weighted by Crippen LogP contribution is 2.33. The van der Waals surface area contributed by atoms with Crippen molar-refractivity contribution in [3.8, 4) is 12.1 Å². The van der Waals surface area contributed by atoms with Gasteiger partial charge in [0.05, 0.1) is 40.4 Å². The third kappa shape index (κ3) is 4.20. The van der Waals surface area contributed by atoms with E-state index in [0.717, 1.165) is 18.2 Å². The standard InChI is InChI=1S/C12H7ClF3N3/c13-10-5-9(12(14,15)16)1-2-11(10)19-7-8(6-18)3-4-17/h1-2,5,7,19H,3H2. The Hall–Kier alpha value is -2.18. The number of hydrogen-bond acceptors (Lipinski definition) is 3. The van der Waals surface area contributed by atoms with Gasteiger partial charge in [0, 0.05) is 6.20 Å². The number of nitrogens with one attached hydrogen (secondary N) is 1. The van der Waals surface area contributed by atoms with E-state index in [1.54, 1.807) is 12.1 Å². The van der Waals surface area contributed by atoms with Crippen LogP contribution in [0, 0.1) is 22.7 Å². The largest absolute Gasteiger partial charge is 0.416 e. The molecule has 19 heavy (non-hydrogen) atoms. The molecule has 0 saturated heterocycles. The molecule has 0 atom stereocenters. The van der Waals surface area contributed by atoms with Gasteiger partial charge in [0.15, 0.2) is 0 Å². The third-order valence-electron chi connectivity index (χ3n) is 2.11. The molecule has 7 heteroatoms. The molecule has 3 nitrogen and oxygen atoms in total. The van der Waals surface area contributed by atoms with E-state index in [1.165, 1.54) is 6.20 Å². The number of benzene rings is 1. The Labute approximate surface area is 112 Å². The van der Waals surface area contributed by atoms with Crippen LogP contribution in [0.3, 0.4) is 0 Å². The quantitative estimate of drug-likeness (QED) is 0.851. The molecule has 0 aliphatic carbocycles. The third-order valence-corrected chi connectivity index (χ3v) is 2.42. The lowest BCUT2D eigenvalue weighted by Gasteiger charge is -2.09. The van der Waals surface area contributed by atoms with Crippen molar-refractivity contribution in [1.82, 2.24) is 0 Å². The number of rotatable bonds is 3. The lowest BCUT2D eigenvalue weighted by molar-refractivity contribution is -0.137. The fraction of sp³-hybridized carbons (Fsp3) is 0.167. The van der Waals surface area contributed by atoms with E-state index in [2.05, 4.69) is 5.32 Å². The number of anilines is 1. The Bertz CT molecular complexity index is 579. The monoisotopic (exact) mass is 285 g/mol. The van der Waals surface area contributed by atoms with E-state index in [1.807, 2.05) is 0 Å². The first-order valence-corrected chi connectivity index (χ1v) is 5.35. The molecule has 0 aliphatic heterocycles. The first-order chi connectivity index (χ1) is 8.88. The zero-order chi connectivity index (χ0) is 14.5. The van der Waals surface area contributed by atoms with Crippen LogP contribution in [-0.4, -0.2) is 0 Å². The molecular weight excluding hydrogens is 279 g/mol. The molecule has 0 aliphatic rings. The lowest BCUT2D eigenvalue weighted by Crippen LogP contribution is -2.05. The molecule has 0 radical (unpaired) electrons. The van der Waals surface area contributed by atoms with E-state index in [0.29, 0.717) is 0 Å². The van der Waals surface area contributed by atoms with E-state index in [4.69, 9.17) is 22.1 Å². The highest BCUT2D eigenvalue weighted by molar-refractivity contribution is 6.33. The van der Waals surface area contributed by atoms with E-state index < -0.39 is 11.7 Å². The number of halogens is 4. The summed E-state index contributed by atoms with van der Waals surface area (Å²) in [6, 6.07) is 6.38. The molecule has 0 unspecified atom stereocenters. The average molecular weight is 286 g/mol. The molecule has 1 N–H and O–H groups in total. The Morgan fingerprint density at radius 2 is 2.05 bits per heavy atom. The molecular formula is C12H7ClF3N3. The molecule has 1 aromatic rings. The van der Waals surface area contributed by atoms with Gasteiger partial charge in [-0.25, -0.2) is 0 Å². The summed E-state index contributed by atoms with van der Waals surface area (Å²) in [5.74, 6) is 0. The highest BCUT2D eigenvalue weighted by atomic mass is 35.5. The zero-order valence-electron chi connectivity index (χ0n) is 9.42. The topological polar surface area (TPSA) is 59.6 Å². The maximum Gasteiger partial charge on any atom is 0.416 e. The van der Waals surface area contributed by atoms with Gasteiger partial charge in [-0.3, -0.25) is 0 Å². The molecule has 1 rings (SSSR count). The van der Waals surface area contributed by atoms with Gasteiger partial charge < -0.3 is 5.32 Å². The van der Waals surface area contributed by atoms with E-state index in [9.17, 15) is 13.2 Å². The first kappa shape index (κ1) is 14.9. The van der Waals surface area contributed by atoms with Crippen LogP contribution in [0.2, 0.25) is 5.02 Å². The fourth-order valence-electron chi connectivity index (χ4n) is 1.18. The Morgan fingerprint density at radius 3 is 2.53 bits per heavy atom. The SMILES string of the molecule is N#CCC(C#N)=CNc1ccc(C(F)(F)F)cc1Cl. The maximum atomic E-state index is 12.4. The Kier molecular flexibility index (Phi) is 4.80. The zero-order valence-corrected chi connectivity index (χ0v) is 10.2. The van der Waals surface area contributed by atoms with Gasteiger partial charge in [0.2, 0.25) is 0 Å². The van der Waals surface area contributed by atoms with Crippen molar-refractivity contribution >= 4 is 17.3 Å². The normalized spacial score (nSPS) is 11.6. The van der Waals surface area contributed by atoms with Gasteiger partial charge in [0.25, 0.3) is 0 Å². The van der Waals surface area contributed by atoms with Crippen LogP contribution in [-0.2, 0) is 6.18 Å². The summed E-state index contributed by atoms with van der Waals surface area (Å²) < 4.78 is 37.2. The van der Waals surface area contributed by atoms with E-state index in [-0.39, 0.29) is 22.7 Å². The molecule has 0 bridgehead atoms. The number of alkyl halides is 3. The van der Waals surface area contributed by atoms with E-state index >= 15 is 0 Å². The summed E-state index contributed by atoms with van der Waals surface area (Å²) >= 11 is 5.70. The molecule has 0 fully saturated rings. The minimum absolute atomic E-state index is 0.0955. The van der Waals surface area contributed by atoms with Crippen LogP contribution in [0.4, 0.5) is 18.9 Å². The Morgan fingerprint density at radius 1 is 1.37 bits per heavy atom. The minimum atomic E-state index is -4.46. The fourth-order valence-corrected chi connectivity index (χ4v) is 1.42. The highest BCUT2D eigenvalue weighted by Gasteiger charge is 2.30. The molecule has 0 spiro atoms. The van der Waals surface area contributed by atoms with Gasteiger partial charge >= 0.3 is 6.18 Å². The smallest absolute Gasteiger partial charge is 0.359 e.